The van der Waals surface area contributed by atoms with Crippen molar-refractivity contribution in [2.24, 2.45) is 0 Å². The van der Waals surface area contributed by atoms with Gasteiger partial charge in [-0.15, -0.1) is 11.3 Å². The van der Waals surface area contributed by atoms with Crippen LogP contribution in [0.3, 0.4) is 0 Å². The van der Waals surface area contributed by atoms with Gasteiger partial charge in [-0.25, -0.2) is 0 Å². The minimum absolute atomic E-state index is 0.0894. The van der Waals surface area contributed by atoms with E-state index in [0.717, 1.165) is 18.4 Å². The molecule has 1 heterocycles. The molecule has 1 unspecified atom stereocenters. The van der Waals surface area contributed by atoms with Crippen LogP contribution in [0.1, 0.15) is 40.6 Å². The molecule has 1 aromatic heterocycles. The second-order valence-electron chi connectivity index (χ2n) is 4.66. The highest BCUT2D eigenvalue weighted by molar-refractivity contribution is 7.10. The van der Waals surface area contributed by atoms with E-state index in [9.17, 15) is 4.79 Å². The summed E-state index contributed by atoms with van der Waals surface area (Å²) >= 11 is 1.74. The van der Waals surface area contributed by atoms with E-state index in [0.29, 0.717) is 12.6 Å². The van der Waals surface area contributed by atoms with Gasteiger partial charge in [0.2, 0.25) is 0 Å². The molecule has 0 aromatic carbocycles. The number of hydrogen-bond acceptors (Lipinski definition) is 3. The first-order valence-corrected chi connectivity index (χ1v) is 7.15. The van der Waals surface area contributed by atoms with Crippen LogP contribution in [-0.2, 0) is 12.8 Å². The first kappa shape index (κ1) is 12.6. The van der Waals surface area contributed by atoms with E-state index in [1.807, 2.05) is 12.4 Å². The lowest BCUT2D eigenvalue weighted by Crippen LogP contribution is -2.37. The highest BCUT2D eigenvalue weighted by atomic mass is 32.1. The lowest BCUT2D eigenvalue weighted by atomic mass is 9.95. The number of amides is 1. The van der Waals surface area contributed by atoms with Crippen LogP contribution in [-0.4, -0.2) is 25.5 Å². The molecule has 4 heteroatoms. The molecule has 2 N–H and O–H groups in total. The monoisotopic (exact) mass is 252 g/mol. The standard InChI is InChI=1S/C13H20N2OS/c1-9(14-2)7-15-13(16)11-8-17-12-6-4-3-5-10(11)12/h8-9,14H,3-7H2,1-2H3,(H,15,16). The summed E-state index contributed by atoms with van der Waals surface area (Å²) in [5, 5.41) is 8.13. The van der Waals surface area contributed by atoms with Crippen molar-refractivity contribution in [3.63, 3.8) is 0 Å². The normalized spacial score (nSPS) is 16.4. The Kier molecular flexibility index (Phi) is 4.18. The number of hydrogen-bond donors (Lipinski definition) is 2. The first-order chi connectivity index (χ1) is 8.22. The van der Waals surface area contributed by atoms with Gasteiger partial charge in [-0.05, 0) is 45.2 Å². The van der Waals surface area contributed by atoms with Gasteiger partial charge in [0.1, 0.15) is 0 Å². The molecule has 0 aliphatic heterocycles. The molecule has 0 radical (unpaired) electrons. The molecule has 17 heavy (non-hydrogen) atoms. The Morgan fingerprint density at radius 2 is 2.24 bits per heavy atom. The van der Waals surface area contributed by atoms with Crippen LogP contribution in [0, 0.1) is 0 Å². The third-order valence-electron chi connectivity index (χ3n) is 3.37. The second kappa shape index (κ2) is 5.65. The van der Waals surface area contributed by atoms with Gasteiger partial charge in [0, 0.05) is 22.8 Å². The predicted molar refractivity (Wildman–Crippen MR) is 71.8 cm³/mol. The largest absolute Gasteiger partial charge is 0.350 e. The Morgan fingerprint density at radius 1 is 1.47 bits per heavy atom. The summed E-state index contributed by atoms with van der Waals surface area (Å²) in [6.07, 6.45) is 4.71. The van der Waals surface area contributed by atoms with Crippen molar-refractivity contribution in [1.82, 2.24) is 10.6 Å². The van der Waals surface area contributed by atoms with Gasteiger partial charge in [0.15, 0.2) is 0 Å². The molecule has 0 fully saturated rings. The highest BCUT2D eigenvalue weighted by Crippen LogP contribution is 2.29. The van der Waals surface area contributed by atoms with Crippen molar-refractivity contribution in [2.75, 3.05) is 13.6 Å². The zero-order valence-corrected chi connectivity index (χ0v) is 11.3. The predicted octanol–water partition coefficient (Wildman–Crippen LogP) is 1.96. The third-order valence-corrected chi connectivity index (χ3v) is 4.46. The minimum atomic E-state index is 0.0894. The fraction of sp³-hybridized carbons (Fsp3) is 0.615. The van der Waals surface area contributed by atoms with Crippen molar-refractivity contribution >= 4 is 17.2 Å². The molecule has 1 aliphatic rings. The van der Waals surface area contributed by atoms with Gasteiger partial charge in [0.05, 0.1) is 5.56 Å². The molecule has 1 amide bonds. The van der Waals surface area contributed by atoms with E-state index in [2.05, 4.69) is 17.6 Å². The van der Waals surface area contributed by atoms with Crippen LogP contribution in [0.25, 0.3) is 0 Å². The number of likely N-dealkylation sites (N-methyl/N-ethyl adjacent to an activating group) is 1. The fourth-order valence-corrected chi connectivity index (χ4v) is 3.25. The minimum Gasteiger partial charge on any atom is -0.350 e. The molecule has 2 rings (SSSR count). The maximum atomic E-state index is 12.1. The molecule has 94 valence electrons. The van der Waals surface area contributed by atoms with Crippen LogP contribution in [0.4, 0.5) is 0 Å². The molecule has 0 saturated carbocycles. The van der Waals surface area contributed by atoms with Gasteiger partial charge in [-0.2, -0.15) is 0 Å². The smallest absolute Gasteiger partial charge is 0.252 e. The number of fused-ring (bicyclic) bond motifs is 1. The van der Waals surface area contributed by atoms with Crippen molar-refractivity contribution in [1.29, 1.82) is 0 Å². The summed E-state index contributed by atoms with van der Waals surface area (Å²) in [6.45, 7) is 2.74. The lowest BCUT2D eigenvalue weighted by molar-refractivity contribution is 0.0950. The van der Waals surface area contributed by atoms with Crippen LogP contribution in [0.5, 0.6) is 0 Å². The quantitative estimate of drug-likeness (QED) is 0.860. The maximum absolute atomic E-state index is 12.1. The van der Waals surface area contributed by atoms with Crippen LogP contribution >= 0.6 is 11.3 Å². The van der Waals surface area contributed by atoms with E-state index < -0.39 is 0 Å². The molecule has 0 spiro atoms. The Morgan fingerprint density at radius 3 is 3.00 bits per heavy atom. The summed E-state index contributed by atoms with van der Waals surface area (Å²) in [5.41, 5.74) is 2.21. The van der Waals surface area contributed by atoms with E-state index in [4.69, 9.17) is 0 Å². The summed E-state index contributed by atoms with van der Waals surface area (Å²) in [5.74, 6) is 0.0894. The van der Waals surface area contributed by atoms with Crippen molar-refractivity contribution in [3.8, 4) is 0 Å². The van der Waals surface area contributed by atoms with Gasteiger partial charge in [-0.1, -0.05) is 0 Å². The maximum Gasteiger partial charge on any atom is 0.252 e. The summed E-state index contributed by atoms with van der Waals surface area (Å²) in [7, 11) is 1.91. The van der Waals surface area contributed by atoms with Crippen molar-refractivity contribution < 1.29 is 4.79 Å². The number of nitrogens with one attached hydrogen (secondary N) is 2. The van der Waals surface area contributed by atoms with Crippen molar-refractivity contribution in [2.45, 2.75) is 38.6 Å². The molecule has 0 bridgehead atoms. The Hall–Kier alpha value is -0.870. The van der Waals surface area contributed by atoms with Gasteiger partial charge in [0.25, 0.3) is 5.91 Å². The molecule has 1 aromatic rings. The van der Waals surface area contributed by atoms with E-state index >= 15 is 0 Å². The van der Waals surface area contributed by atoms with E-state index in [1.165, 1.54) is 23.3 Å². The average Bonchev–Trinajstić information content (AvgIpc) is 2.79. The average molecular weight is 252 g/mol. The SMILES string of the molecule is CNC(C)CNC(=O)c1csc2c1CCCC2. The fourth-order valence-electron chi connectivity index (χ4n) is 2.13. The van der Waals surface area contributed by atoms with Crippen LogP contribution in [0.15, 0.2) is 5.38 Å². The number of aryl methyl sites for hydroxylation is 1. The number of carbonyl (C=O) groups excluding carboxylic acids is 1. The Balaban J connectivity index is 2.02. The lowest BCUT2D eigenvalue weighted by Gasteiger charge is -2.14. The highest BCUT2D eigenvalue weighted by Gasteiger charge is 2.19. The second-order valence-corrected chi connectivity index (χ2v) is 5.62. The molecule has 0 saturated heterocycles. The number of rotatable bonds is 4. The van der Waals surface area contributed by atoms with Crippen LogP contribution in [0.2, 0.25) is 0 Å². The molecular weight excluding hydrogens is 232 g/mol. The van der Waals surface area contributed by atoms with Crippen molar-refractivity contribution in [3.05, 3.63) is 21.4 Å². The topological polar surface area (TPSA) is 41.1 Å². The first-order valence-electron chi connectivity index (χ1n) is 6.27. The number of thiophene rings is 1. The summed E-state index contributed by atoms with van der Waals surface area (Å²) < 4.78 is 0. The number of carbonyl (C=O) groups is 1. The zero-order chi connectivity index (χ0) is 12.3. The molecule has 1 atom stereocenters. The van der Waals surface area contributed by atoms with E-state index in [1.54, 1.807) is 11.3 Å². The summed E-state index contributed by atoms with van der Waals surface area (Å²) in [6, 6.07) is 0.313. The Bertz CT molecular complexity index is 400. The zero-order valence-electron chi connectivity index (χ0n) is 10.5. The molecular formula is C13H20N2OS. The van der Waals surface area contributed by atoms with Gasteiger partial charge >= 0.3 is 0 Å². The molecule has 1 aliphatic carbocycles. The van der Waals surface area contributed by atoms with Gasteiger partial charge < -0.3 is 10.6 Å². The summed E-state index contributed by atoms with van der Waals surface area (Å²) in [4.78, 5) is 13.5. The van der Waals surface area contributed by atoms with E-state index in [-0.39, 0.29) is 5.91 Å². The Labute approximate surface area is 107 Å². The third kappa shape index (κ3) is 2.87. The van der Waals surface area contributed by atoms with Gasteiger partial charge in [-0.3, -0.25) is 4.79 Å². The van der Waals surface area contributed by atoms with Crippen LogP contribution < -0.4 is 10.6 Å². The molecule has 3 nitrogen and oxygen atoms in total.